The predicted molar refractivity (Wildman–Crippen MR) is 85.2 cm³/mol. The fourth-order valence-electron chi connectivity index (χ4n) is 3.60. The van der Waals surface area contributed by atoms with Gasteiger partial charge in [-0.05, 0) is 11.1 Å². The zero-order valence-corrected chi connectivity index (χ0v) is 12.6. The molecule has 0 spiro atoms. The normalized spacial score (nSPS) is 28.5. The molecule has 2 aliphatic heterocycles. The number of hydrogen-bond acceptors (Lipinski definition) is 3. The lowest BCUT2D eigenvalue weighted by atomic mass is 9.81. The van der Waals surface area contributed by atoms with Gasteiger partial charge in [0.05, 0.1) is 25.9 Å². The van der Waals surface area contributed by atoms with Crippen molar-refractivity contribution in [3.8, 4) is 0 Å². The van der Waals surface area contributed by atoms with Gasteiger partial charge in [-0.1, -0.05) is 60.7 Å². The van der Waals surface area contributed by atoms with Crippen LogP contribution in [0.5, 0.6) is 0 Å². The molecule has 3 heteroatoms. The Morgan fingerprint density at radius 3 is 2.36 bits per heavy atom. The van der Waals surface area contributed by atoms with Crippen molar-refractivity contribution in [1.29, 1.82) is 0 Å². The summed E-state index contributed by atoms with van der Waals surface area (Å²) in [5, 5.41) is 2.12. The first-order valence-electron chi connectivity index (χ1n) is 7.98. The summed E-state index contributed by atoms with van der Waals surface area (Å²) in [4.78, 5) is 6.01. The van der Waals surface area contributed by atoms with Gasteiger partial charge in [-0.2, -0.15) is 5.06 Å². The third-order valence-corrected chi connectivity index (χ3v) is 4.81. The van der Waals surface area contributed by atoms with Crippen molar-refractivity contribution < 1.29 is 9.57 Å². The van der Waals surface area contributed by atoms with Crippen LogP contribution in [0.2, 0.25) is 0 Å². The van der Waals surface area contributed by atoms with Gasteiger partial charge in [-0.15, -0.1) is 0 Å². The van der Waals surface area contributed by atoms with E-state index in [9.17, 15) is 0 Å². The van der Waals surface area contributed by atoms with E-state index in [0.29, 0.717) is 17.9 Å². The quantitative estimate of drug-likeness (QED) is 0.868. The topological polar surface area (TPSA) is 21.7 Å². The number of hydroxylamine groups is 2. The molecule has 0 bridgehead atoms. The van der Waals surface area contributed by atoms with Gasteiger partial charge in [0.1, 0.15) is 0 Å². The Labute approximate surface area is 131 Å². The largest absolute Gasteiger partial charge is 0.379 e. The first-order chi connectivity index (χ1) is 10.9. The van der Waals surface area contributed by atoms with Crippen LogP contribution in [0.1, 0.15) is 17.0 Å². The first kappa shape index (κ1) is 13.9. The SMILES string of the molecule is c1ccc(CN2OC[C@@H]3[C@H](c4ccccc4)COC[C@@H]32)cc1. The number of rotatable bonds is 3. The number of fused-ring (bicyclic) bond motifs is 1. The molecule has 22 heavy (non-hydrogen) atoms. The second kappa shape index (κ2) is 6.21. The summed E-state index contributed by atoms with van der Waals surface area (Å²) in [5.41, 5.74) is 2.65. The molecule has 3 nitrogen and oxygen atoms in total. The van der Waals surface area contributed by atoms with Crippen molar-refractivity contribution >= 4 is 0 Å². The molecule has 2 fully saturated rings. The van der Waals surface area contributed by atoms with E-state index in [4.69, 9.17) is 9.57 Å². The van der Waals surface area contributed by atoms with Crippen molar-refractivity contribution in [2.75, 3.05) is 19.8 Å². The zero-order valence-electron chi connectivity index (χ0n) is 12.6. The molecule has 0 amide bonds. The molecule has 0 N–H and O–H groups in total. The Morgan fingerprint density at radius 1 is 0.864 bits per heavy atom. The number of nitrogens with zero attached hydrogens (tertiary/aromatic N) is 1. The average molecular weight is 295 g/mol. The molecule has 2 aliphatic rings. The summed E-state index contributed by atoms with van der Waals surface area (Å²) in [7, 11) is 0. The Kier molecular flexibility index (Phi) is 3.94. The summed E-state index contributed by atoms with van der Waals surface area (Å²) in [6.45, 7) is 3.18. The van der Waals surface area contributed by atoms with E-state index in [1.54, 1.807) is 0 Å². The summed E-state index contributed by atoms with van der Waals surface area (Å²) < 4.78 is 5.90. The minimum atomic E-state index is 0.346. The monoisotopic (exact) mass is 295 g/mol. The number of hydrogen-bond donors (Lipinski definition) is 0. The van der Waals surface area contributed by atoms with Gasteiger partial charge < -0.3 is 4.74 Å². The smallest absolute Gasteiger partial charge is 0.0737 e. The number of ether oxygens (including phenoxy) is 1. The fourth-order valence-corrected chi connectivity index (χ4v) is 3.60. The van der Waals surface area contributed by atoms with Gasteiger partial charge >= 0.3 is 0 Å². The van der Waals surface area contributed by atoms with E-state index >= 15 is 0 Å². The molecule has 2 saturated heterocycles. The molecule has 0 aliphatic carbocycles. The average Bonchev–Trinajstić information content (AvgIpc) is 3.00. The van der Waals surface area contributed by atoms with Crippen LogP contribution in [-0.4, -0.2) is 30.9 Å². The van der Waals surface area contributed by atoms with Crippen LogP contribution < -0.4 is 0 Å². The highest BCUT2D eigenvalue weighted by Crippen LogP contribution is 2.38. The van der Waals surface area contributed by atoms with Crippen LogP contribution in [0.15, 0.2) is 60.7 Å². The van der Waals surface area contributed by atoms with Gasteiger partial charge in [0, 0.05) is 18.4 Å². The van der Waals surface area contributed by atoms with Crippen LogP contribution in [0.3, 0.4) is 0 Å². The minimum Gasteiger partial charge on any atom is -0.379 e. The molecular weight excluding hydrogens is 274 g/mol. The zero-order chi connectivity index (χ0) is 14.8. The van der Waals surface area contributed by atoms with E-state index in [2.05, 4.69) is 59.7 Å². The maximum atomic E-state index is 6.01. The molecule has 2 aromatic rings. The molecular formula is C19H21NO2. The second-order valence-corrected chi connectivity index (χ2v) is 6.14. The van der Waals surface area contributed by atoms with Crippen molar-refractivity contribution in [1.82, 2.24) is 5.06 Å². The molecule has 0 saturated carbocycles. The fraction of sp³-hybridized carbons (Fsp3) is 0.368. The highest BCUT2D eigenvalue weighted by atomic mass is 16.7. The first-order valence-corrected chi connectivity index (χ1v) is 7.98. The van der Waals surface area contributed by atoms with Crippen LogP contribution in [-0.2, 0) is 16.1 Å². The Balaban J connectivity index is 1.51. The van der Waals surface area contributed by atoms with E-state index in [1.807, 2.05) is 6.07 Å². The lowest BCUT2D eigenvalue weighted by molar-refractivity contribution is -0.152. The maximum absolute atomic E-state index is 6.01. The van der Waals surface area contributed by atoms with Crippen molar-refractivity contribution in [3.05, 3.63) is 71.8 Å². The Morgan fingerprint density at radius 2 is 1.59 bits per heavy atom. The number of benzene rings is 2. The Bertz CT molecular complexity index is 601. The van der Waals surface area contributed by atoms with Crippen molar-refractivity contribution in [2.24, 2.45) is 5.92 Å². The lowest BCUT2D eigenvalue weighted by Crippen LogP contribution is -2.43. The molecule has 4 rings (SSSR count). The highest BCUT2D eigenvalue weighted by Gasteiger charge is 2.43. The van der Waals surface area contributed by atoms with Gasteiger partial charge in [0.2, 0.25) is 0 Å². The standard InChI is InChI=1S/C19H21NO2/c1-3-7-15(8-4-1)11-20-19-14-21-12-17(18(19)13-22-20)16-9-5-2-6-10-16/h1-10,17-19H,11-14H2/t17-,18+,19-/m0/s1. The third kappa shape index (κ3) is 2.68. The van der Waals surface area contributed by atoms with E-state index in [-0.39, 0.29) is 0 Å². The second-order valence-electron chi connectivity index (χ2n) is 6.14. The van der Waals surface area contributed by atoms with Crippen LogP contribution >= 0.6 is 0 Å². The van der Waals surface area contributed by atoms with Crippen molar-refractivity contribution in [3.63, 3.8) is 0 Å². The molecule has 0 radical (unpaired) electrons. The maximum Gasteiger partial charge on any atom is 0.0737 e. The van der Waals surface area contributed by atoms with E-state index < -0.39 is 0 Å². The van der Waals surface area contributed by atoms with Crippen LogP contribution in [0.25, 0.3) is 0 Å². The van der Waals surface area contributed by atoms with Crippen LogP contribution in [0, 0.1) is 5.92 Å². The summed E-state index contributed by atoms with van der Waals surface area (Å²) in [5.74, 6) is 0.945. The summed E-state index contributed by atoms with van der Waals surface area (Å²) in [6, 6.07) is 21.5. The van der Waals surface area contributed by atoms with Gasteiger partial charge in [0.25, 0.3) is 0 Å². The summed E-state index contributed by atoms with van der Waals surface area (Å²) >= 11 is 0. The molecule has 0 unspecified atom stereocenters. The van der Waals surface area contributed by atoms with Gasteiger partial charge in [-0.3, -0.25) is 4.84 Å². The van der Waals surface area contributed by atoms with E-state index in [0.717, 1.165) is 26.4 Å². The Hall–Kier alpha value is -1.68. The van der Waals surface area contributed by atoms with Crippen molar-refractivity contribution in [2.45, 2.75) is 18.5 Å². The molecule has 3 atom stereocenters. The van der Waals surface area contributed by atoms with Gasteiger partial charge in [-0.25, -0.2) is 0 Å². The third-order valence-electron chi connectivity index (χ3n) is 4.81. The highest BCUT2D eigenvalue weighted by molar-refractivity contribution is 5.22. The summed E-state index contributed by atoms with van der Waals surface area (Å²) in [6.07, 6.45) is 0. The molecule has 0 aromatic heterocycles. The van der Waals surface area contributed by atoms with Crippen LogP contribution in [0.4, 0.5) is 0 Å². The molecule has 2 aromatic carbocycles. The van der Waals surface area contributed by atoms with E-state index in [1.165, 1.54) is 11.1 Å². The minimum absolute atomic E-state index is 0.346. The molecule has 114 valence electrons. The molecule has 2 heterocycles. The predicted octanol–water partition coefficient (Wildman–Crippen LogP) is 3.23. The van der Waals surface area contributed by atoms with Gasteiger partial charge in [0.15, 0.2) is 0 Å². The lowest BCUT2D eigenvalue weighted by Gasteiger charge is -2.35.